The van der Waals surface area contributed by atoms with Crippen molar-refractivity contribution < 1.29 is 28.2 Å². The second-order valence-electron chi connectivity index (χ2n) is 11.1. The van der Waals surface area contributed by atoms with Gasteiger partial charge in [-0.1, -0.05) is 6.42 Å². The van der Waals surface area contributed by atoms with Gasteiger partial charge in [-0.05, 0) is 58.0 Å². The van der Waals surface area contributed by atoms with Crippen LogP contribution in [0, 0.1) is 11.6 Å². The average Bonchev–Trinajstić information content (AvgIpc) is 3.01. The number of likely N-dealkylation sites (tertiary alicyclic amines) is 1. The van der Waals surface area contributed by atoms with Crippen molar-refractivity contribution in [1.82, 2.24) is 25.2 Å². The molecule has 0 saturated carbocycles. The van der Waals surface area contributed by atoms with Crippen LogP contribution >= 0.6 is 0 Å². The minimum absolute atomic E-state index is 0.00249. The maximum Gasteiger partial charge on any atom is 0.250 e. The summed E-state index contributed by atoms with van der Waals surface area (Å²) in [4.78, 5) is 39.9. The number of hydrogen-bond donors (Lipinski definition) is 4. The predicted octanol–water partition coefficient (Wildman–Crippen LogP) is 4.08. The number of halogens is 2. The van der Waals surface area contributed by atoms with Crippen molar-refractivity contribution in [3.8, 4) is 5.75 Å². The number of rotatable bonds is 13. The zero-order chi connectivity index (χ0) is 32.6. The number of methoxy groups -OCH3 is 1. The van der Waals surface area contributed by atoms with Crippen LogP contribution in [-0.4, -0.2) is 77.6 Å². The first-order valence-electron chi connectivity index (χ1n) is 14.5. The molecule has 3 aromatic rings. The number of ether oxygens (including phenoxy) is 1. The molecule has 0 bridgehead atoms. The van der Waals surface area contributed by atoms with Crippen molar-refractivity contribution in [1.29, 1.82) is 0 Å². The number of aliphatic hydroxyl groups is 1. The van der Waals surface area contributed by atoms with Crippen LogP contribution in [-0.2, 0) is 15.2 Å². The molecular weight excluding hydrogens is 586 g/mol. The molecule has 12 nitrogen and oxygen atoms in total. The van der Waals surface area contributed by atoms with Crippen molar-refractivity contribution in [2.45, 2.75) is 38.7 Å². The lowest BCUT2D eigenvalue weighted by Crippen LogP contribution is -2.36. The summed E-state index contributed by atoms with van der Waals surface area (Å²) < 4.78 is 33.7. The zero-order valence-corrected chi connectivity index (χ0v) is 25.7. The Kier molecular flexibility index (Phi) is 11.0. The molecule has 14 heteroatoms. The summed E-state index contributed by atoms with van der Waals surface area (Å²) in [6, 6.07) is 5.42. The number of carbonyl (C=O) groups excluding carboxylic acids is 2. The molecule has 4 N–H and O–H groups in total. The van der Waals surface area contributed by atoms with Gasteiger partial charge in [0.25, 0.3) is 0 Å². The number of imide groups is 1. The summed E-state index contributed by atoms with van der Waals surface area (Å²) in [5.74, 6) is -2.22. The van der Waals surface area contributed by atoms with Crippen LogP contribution in [0.5, 0.6) is 5.75 Å². The van der Waals surface area contributed by atoms with Crippen molar-refractivity contribution in [2.24, 2.45) is 0 Å². The summed E-state index contributed by atoms with van der Waals surface area (Å²) in [5.41, 5.74) is 0.600. The van der Waals surface area contributed by atoms with Gasteiger partial charge in [0, 0.05) is 55.2 Å². The molecule has 45 heavy (non-hydrogen) atoms. The number of amides is 2. The Morgan fingerprint density at radius 3 is 2.38 bits per heavy atom. The van der Waals surface area contributed by atoms with Gasteiger partial charge in [-0.2, -0.15) is 4.98 Å². The maximum atomic E-state index is 14.1. The van der Waals surface area contributed by atoms with Crippen molar-refractivity contribution >= 4 is 47.4 Å². The molecule has 0 unspecified atom stereocenters. The molecule has 2 amide bonds. The molecule has 0 spiro atoms. The lowest BCUT2D eigenvalue weighted by atomic mass is 9.96. The van der Waals surface area contributed by atoms with E-state index in [9.17, 15) is 23.5 Å². The van der Waals surface area contributed by atoms with Crippen LogP contribution in [0.3, 0.4) is 0 Å². The highest BCUT2D eigenvalue weighted by Crippen LogP contribution is 2.36. The van der Waals surface area contributed by atoms with E-state index in [2.05, 4.69) is 40.7 Å². The summed E-state index contributed by atoms with van der Waals surface area (Å²) in [6.45, 7) is 6.63. The molecule has 2 heterocycles. The molecule has 1 aromatic heterocycles. The number of anilines is 5. The fourth-order valence-electron chi connectivity index (χ4n) is 5.00. The number of hydrogen-bond acceptors (Lipinski definition) is 11. The lowest BCUT2D eigenvalue weighted by molar-refractivity contribution is -0.121. The first kappa shape index (κ1) is 33.2. The van der Waals surface area contributed by atoms with Crippen LogP contribution in [0.15, 0.2) is 36.7 Å². The van der Waals surface area contributed by atoms with Crippen LogP contribution in [0.1, 0.15) is 44.2 Å². The second kappa shape index (κ2) is 14.9. The molecule has 1 aliphatic rings. The number of likely N-dealkylation sites (N-methyl/N-ethyl adjacent to an activating group) is 1. The Balaban J connectivity index is 1.63. The average molecular weight is 625 g/mol. The molecule has 0 atom stereocenters. The Bertz CT molecular complexity index is 1540. The third-order valence-corrected chi connectivity index (χ3v) is 7.36. The van der Waals surface area contributed by atoms with Crippen LogP contribution in [0.25, 0.3) is 6.08 Å². The van der Waals surface area contributed by atoms with Gasteiger partial charge in [0.05, 0.1) is 24.1 Å². The predicted molar refractivity (Wildman–Crippen MR) is 168 cm³/mol. The van der Waals surface area contributed by atoms with Crippen LogP contribution in [0.2, 0.25) is 0 Å². The minimum Gasteiger partial charge on any atom is -0.494 e. The summed E-state index contributed by atoms with van der Waals surface area (Å²) in [6.07, 6.45) is 8.02. The van der Waals surface area contributed by atoms with E-state index in [0.717, 1.165) is 44.0 Å². The molecule has 1 saturated heterocycles. The van der Waals surface area contributed by atoms with Gasteiger partial charge in [-0.15, -0.1) is 0 Å². The van der Waals surface area contributed by atoms with E-state index in [-0.39, 0.29) is 23.1 Å². The Labute approximate surface area is 260 Å². The molecular formula is C31H38F2N8O4. The van der Waals surface area contributed by atoms with E-state index in [1.807, 2.05) is 13.1 Å². The number of aromatic nitrogens is 3. The van der Waals surface area contributed by atoms with Gasteiger partial charge in [0.1, 0.15) is 12.1 Å². The molecule has 2 aromatic carbocycles. The van der Waals surface area contributed by atoms with Gasteiger partial charge in [0.15, 0.2) is 11.6 Å². The van der Waals surface area contributed by atoms with E-state index >= 15 is 0 Å². The minimum atomic E-state index is -1.49. The lowest BCUT2D eigenvalue weighted by Gasteiger charge is -2.30. The number of carbonyl (C=O) groups is 2. The van der Waals surface area contributed by atoms with Crippen molar-refractivity contribution in [2.75, 3.05) is 55.9 Å². The molecule has 0 aliphatic carbocycles. The van der Waals surface area contributed by atoms with E-state index in [4.69, 9.17) is 4.74 Å². The van der Waals surface area contributed by atoms with Gasteiger partial charge in [-0.25, -0.2) is 18.7 Å². The largest absolute Gasteiger partial charge is 0.494 e. The maximum absolute atomic E-state index is 14.1. The summed E-state index contributed by atoms with van der Waals surface area (Å²) >= 11 is 0. The third kappa shape index (κ3) is 8.92. The van der Waals surface area contributed by atoms with Crippen LogP contribution in [0.4, 0.5) is 37.7 Å². The molecule has 240 valence electrons. The quantitative estimate of drug-likeness (QED) is 0.161. The zero-order valence-electron chi connectivity index (χ0n) is 25.7. The number of benzene rings is 2. The smallest absolute Gasteiger partial charge is 0.250 e. The Morgan fingerprint density at radius 1 is 1.07 bits per heavy atom. The molecule has 0 radical (unpaired) electrons. The van der Waals surface area contributed by atoms with Gasteiger partial charge < -0.3 is 30.3 Å². The fraction of sp³-hybridized carbons (Fsp3) is 0.387. The van der Waals surface area contributed by atoms with Crippen LogP contribution < -0.4 is 25.6 Å². The first-order valence-corrected chi connectivity index (χ1v) is 14.5. The highest BCUT2D eigenvalue weighted by molar-refractivity contribution is 5.98. The van der Waals surface area contributed by atoms with E-state index < -0.39 is 23.1 Å². The Morgan fingerprint density at radius 2 is 1.73 bits per heavy atom. The fourth-order valence-corrected chi connectivity index (χ4v) is 5.00. The topological polar surface area (TPSA) is 145 Å². The van der Waals surface area contributed by atoms with E-state index in [1.54, 1.807) is 12.1 Å². The highest BCUT2D eigenvalue weighted by atomic mass is 19.2. The van der Waals surface area contributed by atoms with Gasteiger partial charge in [0.2, 0.25) is 24.2 Å². The normalized spacial score (nSPS) is 13.8. The summed E-state index contributed by atoms with van der Waals surface area (Å²) in [7, 11) is 3.48. The first-order chi connectivity index (χ1) is 21.5. The summed E-state index contributed by atoms with van der Waals surface area (Å²) in [5, 5.41) is 18.5. The van der Waals surface area contributed by atoms with E-state index in [0.29, 0.717) is 23.4 Å². The number of piperidine rings is 1. The SMILES string of the molecule is COc1cc(N(C)CCN2CCCCC2)c(C=CC(=O)NC=O)cc1Nc1ncnc(Nc2cc(F)c(F)cc2C(C)(C)O)n1. The molecule has 1 aliphatic heterocycles. The second-order valence-corrected chi connectivity index (χ2v) is 11.1. The van der Waals surface area contributed by atoms with Crippen molar-refractivity contribution in [3.05, 3.63) is 59.4 Å². The number of nitrogens with zero attached hydrogens (tertiary/aromatic N) is 5. The Hall–Kier alpha value is -4.69. The van der Waals surface area contributed by atoms with Crippen molar-refractivity contribution in [3.63, 3.8) is 0 Å². The standard InChI is InChI=1S/C31H38F2N8O4/c1-31(2,44)21-15-22(32)23(33)16-24(21)37-29-34-18-35-30(39-29)38-25-14-20(8-9-28(43)36-19-42)26(17-27(25)45-4)40(3)12-13-41-10-6-5-7-11-41/h8-9,14-19,44H,5-7,10-13H2,1-4H3,(H,36,42,43)(H2,34,35,37,38,39). The third-order valence-electron chi connectivity index (χ3n) is 7.36. The van der Waals surface area contributed by atoms with E-state index in [1.165, 1.54) is 52.6 Å². The molecule has 4 rings (SSSR count). The molecule has 1 fully saturated rings. The number of nitrogens with one attached hydrogen (secondary N) is 3. The van der Waals surface area contributed by atoms with Gasteiger partial charge in [-0.3, -0.25) is 14.9 Å². The van der Waals surface area contributed by atoms with Gasteiger partial charge >= 0.3 is 0 Å². The monoisotopic (exact) mass is 624 g/mol. The highest BCUT2D eigenvalue weighted by Gasteiger charge is 2.24.